The highest BCUT2D eigenvalue weighted by Crippen LogP contribution is 1.82. The summed E-state index contributed by atoms with van der Waals surface area (Å²) >= 11 is 0. The lowest BCUT2D eigenvalue weighted by Crippen LogP contribution is -2.02. The topological polar surface area (TPSA) is 20.2 Å². The zero-order valence-electron chi connectivity index (χ0n) is 4.98. The molecule has 0 aromatic carbocycles. The molecule has 0 aliphatic carbocycles. The van der Waals surface area contributed by atoms with E-state index in [4.69, 9.17) is 5.11 Å². The lowest BCUT2D eigenvalue weighted by atomic mass is 10.5. The second-order valence-corrected chi connectivity index (χ2v) is 18.3. The minimum absolute atomic E-state index is 0.433. The van der Waals surface area contributed by atoms with Crippen LogP contribution < -0.4 is 0 Å². The highest BCUT2D eigenvalue weighted by molar-refractivity contribution is 7.23. The lowest BCUT2D eigenvalue weighted by Gasteiger charge is -1.88. The van der Waals surface area contributed by atoms with Crippen molar-refractivity contribution in [1.29, 1.82) is 0 Å². The van der Waals surface area contributed by atoms with E-state index in [1.165, 1.54) is 15.8 Å². The van der Waals surface area contributed by atoms with Gasteiger partial charge in [0.2, 0.25) is 0 Å². The number of rotatable bonds is 4. The molecule has 0 rings (SSSR count). The minimum atomic E-state index is 0.433. The van der Waals surface area contributed by atoms with Gasteiger partial charge in [-0.25, -0.2) is 0 Å². The molecule has 0 bridgehead atoms. The Hall–Kier alpha value is 0.611. The zero-order chi connectivity index (χ0) is 5.54. The van der Waals surface area contributed by atoms with Crippen molar-refractivity contribution in [2.45, 2.75) is 12.5 Å². The molecule has 0 spiro atoms. The van der Waals surface area contributed by atoms with Crippen molar-refractivity contribution in [2.24, 2.45) is 0 Å². The third-order valence-electron chi connectivity index (χ3n) is 1.01. The van der Waals surface area contributed by atoms with Gasteiger partial charge in [-0.15, -0.1) is 0 Å². The van der Waals surface area contributed by atoms with E-state index in [0.717, 1.165) is 6.42 Å². The van der Waals surface area contributed by atoms with Crippen LogP contribution in [-0.4, -0.2) is 39.1 Å². The van der Waals surface area contributed by atoms with Gasteiger partial charge in [-0.2, -0.15) is 0 Å². The van der Waals surface area contributed by atoms with Crippen LogP contribution in [0.2, 0.25) is 6.04 Å². The quantitative estimate of drug-likeness (QED) is 0.342. The fourth-order valence-electron chi connectivity index (χ4n) is 0.539. The molecule has 0 radical (unpaired) electrons. The first-order chi connectivity index (χ1) is 3.41. The van der Waals surface area contributed by atoms with Crippen LogP contribution in [0.25, 0.3) is 0 Å². The van der Waals surface area contributed by atoms with Gasteiger partial charge in [-0.3, -0.25) is 0 Å². The molecular formula is C3H14OSi3. The molecule has 0 saturated heterocycles. The monoisotopic (exact) mass is 150 g/mol. The average molecular weight is 150 g/mol. The van der Waals surface area contributed by atoms with Crippen LogP contribution in [0.5, 0.6) is 0 Å². The van der Waals surface area contributed by atoms with Crippen LogP contribution in [0.1, 0.15) is 6.42 Å². The maximum Gasteiger partial charge on any atom is 0.0428 e. The van der Waals surface area contributed by atoms with Crippen LogP contribution in [0.3, 0.4) is 0 Å². The van der Waals surface area contributed by atoms with Crippen molar-refractivity contribution in [3.63, 3.8) is 0 Å². The molecule has 0 aromatic rings. The summed E-state index contributed by atoms with van der Waals surface area (Å²) in [6, 6.07) is 1.42. The Bertz CT molecular complexity index is 29.4. The van der Waals surface area contributed by atoms with Crippen LogP contribution in [0.4, 0.5) is 0 Å². The van der Waals surface area contributed by atoms with Crippen molar-refractivity contribution in [3.8, 4) is 0 Å². The fraction of sp³-hybridized carbons (Fsp3) is 1.00. The number of aliphatic hydroxyl groups excluding tert-OH is 1. The Labute approximate surface area is 52.2 Å². The minimum Gasteiger partial charge on any atom is -0.396 e. The van der Waals surface area contributed by atoms with Crippen molar-refractivity contribution in [1.82, 2.24) is 0 Å². The third-order valence-corrected chi connectivity index (χ3v) is 12.7. The van der Waals surface area contributed by atoms with E-state index in [2.05, 4.69) is 0 Å². The van der Waals surface area contributed by atoms with Crippen molar-refractivity contribution < 1.29 is 5.11 Å². The van der Waals surface area contributed by atoms with Crippen molar-refractivity contribution in [3.05, 3.63) is 0 Å². The molecular weight excluding hydrogens is 136 g/mol. The van der Waals surface area contributed by atoms with E-state index in [9.17, 15) is 0 Å². The second kappa shape index (κ2) is 6.61. The van der Waals surface area contributed by atoms with Gasteiger partial charge < -0.3 is 5.11 Å². The normalized spacial score (nSPS) is 13.3. The molecule has 0 unspecified atom stereocenters. The van der Waals surface area contributed by atoms with Gasteiger partial charge in [0.25, 0.3) is 0 Å². The molecule has 0 amide bonds. The summed E-state index contributed by atoms with van der Waals surface area (Å²) in [5.74, 6) is 0. The Morgan fingerprint density at radius 3 is 2.71 bits per heavy atom. The summed E-state index contributed by atoms with van der Waals surface area (Å²) in [5, 5.41) is 8.34. The van der Waals surface area contributed by atoms with Crippen molar-refractivity contribution >= 4 is 27.4 Å². The third kappa shape index (κ3) is 6.61. The van der Waals surface area contributed by atoms with Gasteiger partial charge in [0.05, 0.1) is 0 Å². The Morgan fingerprint density at radius 2 is 2.29 bits per heavy atom. The Morgan fingerprint density at radius 1 is 1.57 bits per heavy atom. The first-order valence-corrected chi connectivity index (χ1v) is 13.7. The fourth-order valence-corrected chi connectivity index (χ4v) is 8.68. The van der Waals surface area contributed by atoms with E-state index < -0.39 is 0 Å². The molecule has 44 valence electrons. The molecule has 0 fully saturated rings. The van der Waals surface area contributed by atoms with Gasteiger partial charge >= 0.3 is 0 Å². The van der Waals surface area contributed by atoms with Crippen molar-refractivity contribution in [2.75, 3.05) is 6.61 Å². The predicted octanol–water partition coefficient (Wildman–Crippen LogP) is -2.68. The molecule has 0 atom stereocenters. The molecule has 0 saturated carbocycles. The molecule has 7 heavy (non-hydrogen) atoms. The maximum atomic E-state index is 8.34. The van der Waals surface area contributed by atoms with Gasteiger partial charge in [-0.05, 0) is 24.7 Å². The van der Waals surface area contributed by atoms with E-state index in [1.54, 1.807) is 0 Å². The first kappa shape index (κ1) is 7.61. The molecule has 0 heterocycles. The van der Waals surface area contributed by atoms with Crippen LogP contribution >= 0.6 is 0 Å². The van der Waals surface area contributed by atoms with Crippen LogP contribution in [0, 0.1) is 0 Å². The lowest BCUT2D eigenvalue weighted by molar-refractivity contribution is 0.295. The van der Waals surface area contributed by atoms with E-state index in [1.807, 2.05) is 0 Å². The SMILES string of the molecule is OCCC[SiH2][SiH2][SiH3]. The summed E-state index contributed by atoms with van der Waals surface area (Å²) in [6.45, 7) is 0.433. The molecule has 0 aromatic heterocycles. The summed E-state index contributed by atoms with van der Waals surface area (Å²) in [7, 11) is 2.54. The molecule has 1 nitrogen and oxygen atoms in total. The molecule has 1 N–H and O–H groups in total. The number of aliphatic hydroxyl groups is 1. The summed E-state index contributed by atoms with van der Waals surface area (Å²) in [6.07, 6.45) is 1.10. The maximum absolute atomic E-state index is 8.34. The summed E-state index contributed by atoms with van der Waals surface area (Å²) < 4.78 is 0. The Kier molecular flexibility index (Phi) is 7.19. The predicted molar refractivity (Wildman–Crippen MR) is 43.5 cm³/mol. The van der Waals surface area contributed by atoms with E-state index in [0.29, 0.717) is 24.2 Å². The second-order valence-electron chi connectivity index (χ2n) is 1.78. The van der Waals surface area contributed by atoms with Gasteiger partial charge in [-0.1, -0.05) is 6.04 Å². The average Bonchev–Trinajstić information content (AvgIpc) is 1.69. The number of hydrogen-bond acceptors (Lipinski definition) is 1. The van der Waals surface area contributed by atoms with E-state index >= 15 is 0 Å². The molecule has 4 heteroatoms. The summed E-state index contributed by atoms with van der Waals surface area (Å²) in [5.41, 5.74) is 0. The number of hydrogen-bond donors (Lipinski definition) is 1. The summed E-state index contributed by atoms with van der Waals surface area (Å²) in [4.78, 5) is 0. The zero-order valence-corrected chi connectivity index (χ0v) is 9.81. The van der Waals surface area contributed by atoms with Gasteiger partial charge in [0.1, 0.15) is 0 Å². The largest absolute Gasteiger partial charge is 0.396 e. The van der Waals surface area contributed by atoms with Gasteiger partial charge in [0, 0.05) is 15.6 Å². The highest BCUT2D eigenvalue weighted by atomic mass is 29.5. The van der Waals surface area contributed by atoms with Crippen LogP contribution in [-0.2, 0) is 0 Å². The smallest absolute Gasteiger partial charge is 0.0428 e. The van der Waals surface area contributed by atoms with Gasteiger partial charge in [0.15, 0.2) is 0 Å². The highest BCUT2D eigenvalue weighted by Gasteiger charge is 1.82. The molecule has 0 aliphatic rings. The first-order valence-electron chi connectivity index (χ1n) is 3.02. The van der Waals surface area contributed by atoms with Crippen LogP contribution in [0.15, 0.2) is 0 Å². The van der Waals surface area contributed by atoms with E-state index in [-0.39, 0.29) is 0 Å². The molecule has 0 aliphatic heterocycles. The standard InChI is InChI=1S/C3H14OSi3/c4-2-1-3-6-7-5/h4H,1-3,6-7H2,5H3. The Balaban J connectivity index is 2.45.